The Kier molecular flexibility index (Phi) is 14.9. The number of rotatable bonds is 16. The van der Waals surface area contributed by atoms with Gasteiger partial charge in [0.1, 0.15) is 28.6 Å². The Balaban J connectivity index is 0.832. The summed E-state index contributed by atoms with van der Waals surface area (Å²) in [5, 5.41) is 27.2. The fourth-order valence-electron chi connectivity index (χ4n) is 12.0. The molecule has 4 aromatic carbocycles. The van der Waals surface area contributed by atoms with Crippen LogP contribution in [0.2, 0.25) is 5.02 Å². The van der Waals surface area contributed by atoms with Crippen molar-refractivity contribution in [2.75, 3.05) is 56.6 Å². The number of ether oxygens (including phenoxy) is 2. The zero-order valence-corrected chi connectivity index (χ0v) is 44.6. The summed E-state index contributed by atoms with van der Waals surface area (Å²) >= 11 is 6.76. The smallest absolute Gasteiger partial charge is 0.293 e. The molecule has 1 atom stereocenters. The number of fused-ring (bicyclic) bond motifs is 1. The molecular formula is C57H67ClN8O8S. The van der Waals surface area contributed by atoms with Crippen LogP contribution < -0.4 is 24.4 Å². The van der Waals surface area contributed by atoms with E-state index in [1.165, 1.54) is 29.5 Å². The number of piperidine rings is 1. The van der Waals surface area contributed by atoms with Gasteiger partial charge in [-0.3, -0.25) is 24.7 Å². The monoisotopic (exact) mass is 1060 g/mol. The van der Waals surface area contributed by atoms with Crippen molar-refractivity contribution < 1.29 is 32.7 Å². The van der Waals surface area contributed by atoms with Gasteiger partial charge in [-0.25, -0.2) is 18.1 Å². The van der Waals surface area contributed by atoms with E-state index in [0.717, 1.165) is 111 Å². The second kappa shape index (κ2) is 21.4. The zero-order chi connectivity index (χ0) is 52.6. The molecule has 18 heteroatoms. The maximum atomic E-state index is 14.1. The fraction of sp³-hybridized carbons (Fsp3) is 0.439. The lowest BCUT2D eigenvalue weighted by atomic mass is 9.59. The molecule has 75 heavy (non-hydrogen) atoms. The first-order chi connectivity index (χ1) is 35.9. The van der Waals surface area contributed by atoms with Crippen LogP contribution in [0.1, 0.15) is 111 Å². The third kappa shape index (κ3) is 11.5. The van der Waals surface area contributed by atoms with Crippen molar-refractivity contribution in [3.63, 3.8) is 0 Å². The Morgan fingerprint density at radius 1 is 0.960 bits per heavy atom. The number of sulfonamides is 1. The first kappa shape index (κ1) is 52.2. The van der Waals surface area contributed by atoms with Gasteiger partial charge in [-0.2, -0.15) is 0 Å². The third-order valence-electron chi connectivity index (χ3n) is 16.4. The maximum Gasteiger partial charge on any atom is 0.293 e. The number of aromatic nitrogens is 2. The minimum absolute atomic E-state index is 0.0353. The van der Waals surface area contributed by atoms with E-state index in [1.54, 1.807) is 31.5 Å². The molecule has 2 saturated carbocycles. The van der Waals surface area contributed by atoms with E-state index in [9.17, 15) is 28.4 Å². The van der Waals surface area contributed by atoms with Crippen molar-refractivity contribution in [2.45, 2.75) is 107 Å². The number of hydrogen-bond acceptors (Lipinski definition) is 13. The second-order valence-electron chi connectivity index (χ2n) is 21.8. The molecule has 4 aliphatic rings. The molecule has 0 radical (unpaired) electrons. The summed E-state index contributed by atoms with van der Waals surface area (Å²) in [6.45, 7) is 12.0. The van der Waals surface area contributed by atoms with Crippen LogP contribution in [0.3, 0.4) is 0 Å². The predicted octanol–water partition coefficient (Wildman–Crippen LogP) is 10.8. The number of piperazine rings is 1. The average molecular weight is 1060 g/mol. The van der Waals surface area contributed by atoms with Gasteiger partial charge in [-0.15, -0.1) is 0 Å². The first-order valence-corrected chi connectivity index (χ1v) is 28.0. The molecule has 10 rings (SSSR count). The number of nitrogens with zero attached hydrogens (tertiary/aromatic N) is 5. The highest BCUT2D eigenvalue weighted by Crippen LogP contribution is 2.53. The number of aromatic amines is 1. The van der Waals surface area contributed by atoms with Crippen molar-refractivity contribution >= 4 is 55.6 Å². The highest BCUT2D eigenvalue weighted by molar-refractivity contribution is 7.90. The highest BCUT2D eigenvalue weighted by Gasteiger charge is 2.50. The summed E-state index contributed by atoms with van der Waals surface area (Å²) in [4.78, 5) is 40.4. The van der Waals surface area contributed by atoms with E-state index in [0.29, 0.717) is 42.7 Å². The van der Waals surface area contributed by atoms with Crippen molar-refractivity contribution in [1.29, 1.82) is 0 Å². The number of carbonyl (C=O) groups excluding carboxylic acids is 1. The van der Waals surface area contributed by atoms with Gasteiger partial charge in [0.15, 0.2) is 0 Å². The molecule has 0 bridgehead atoms. The van der Waals surface area contributed by atoms with Gasteiger partial charge in [-0.1, -0.05) is 55.8 Å². The number of nitro groups is 1. The summed E-state index contributed by atoms with van der Waals surface area (Å²) in [7, 11) is -2.94. The van der Waals surface area contributed by atoms with Crippen LogP contribution in [0.5, 0.6) is 17.2 Å². The number of benzene rings is 4. The van der Waals surface area contributed by atoms with Gasteiger partial charge in [0, 0.05) is 92.3 Å². The zero-order valence-electron chi connectivity index (χ0n) is 43.1. The Morgan fingerprint density at radius 3 is 2.47 bits per heavy atom. The van der Waals surface area contributed by atoms with E-state index >= 15 is 0 Å². The van der Waals surface area contributed by atoms with E-state index < -0.39 is 37.0 Å². The Morgan fingerprint density at radius 2 is 1.73 bits per heavy atom. The van der Waals surface area contributed by atoms with Gasteiger partial charge in [0.05, 0.1) is 34.3 Å². The van der Waals surface area contributed by atoms with Crippen molar-refractivity contribution in [3.05, 3.63) is 141 Å². The molecule has 1 amide bonds. The Hall–Kier alpha value is -6.24. The quantitative estimate of drug-likeness (QED) is 0.0529. The Labute approximate surface area is 444 Å². The molecule has 2 saturated heterocycles. The Bertz CT molecular complexity index is 3180. The lowest BCUT2D eigenvalue weighted by Gasteiger charge is -2.58. The average Bonchev–Trinajstić information content (AvgIpc) is 3.89. The van der Waals surface area contributed by atoms with Gasteiger partial charge in [-0.05, 0) is 141 Å². The molecule has 4 N–H and O–H groups in total. The molecule has 16 nitrogen and oxygen atoms in total. The number of halogens is 1. The van der Waals surface area contributed by atoms with Crippen molar-refractivity contribution in [3.8, 4) is 17.2 Å². The number of anilines is 2. The number of carbonyl (C=O) groups is 1. The largest absolute Gasteiger partial charge is 0.497 e. The van der Waals surface area contributed by atoms with Crippen LogP contribution in [0, 0.1) is 21.4 Å². The molecule has 6 aromatic rings. The van der Waals surface area contributed by atoms with E-state index in [-0.39, 0.29) is 34.4 Å². The van der Waals surface area contributed by atoms with E-state index in [2.05, 4.69) is 78.9 Å². The fourth-order valence-corrected chi connectivity index (χ4v) is 13.2. The van der Waals surface area contributed by atoms with Crippen LogP contribution in [0.15, 0.2) is 108 Å². The molecule has 2 aliphatic carbocycles. The molecule has 2 aromatic heterocycles. The summed E-state index contributed by atoms with van der Waals surface area (Å²) < 4.78 is 41.7. The SMILES string of the molecule is COc1ccc(CN2CCN(C3CC4(CCN(c5ccc(C(=O)NS(=O)(=O)c6ccc(NC[C@H]7CC[C@](C)(O)CC7)c([N+](=O)[O-])c6)c(Oc6cnc7[nH]ccc7c6)c5)CC4)C3)C(c3ccccc3C(C)C)C2)c(Cl)c1. The minimum atomic E-state index is -4.59. The lowest BCUT2D eigenvalue weighted by molar-refractivity contribution is -0.384. The van der Waals surface area contributed by atoms with Crippen LogP contribution >= 0.6 is 11.6 Å². The normalized spacial score (nSPS) is 21.5. The number of nitrogens with one attached hydrogen (secondary N) is 3. The second-order valence-corrected chi connectivity index (χ2v) is 23.9. The standard InChI is InChI=1S/C57H67ClN8O8S/c1-37(2)46-7-5-6-8-47(46)52-36-63(35-40-9-11-43(73-4)29-49(40)58)25-26-65(52)42-31-57(32-42)20-23-64(24-21-57)41-10-13-48(53(28-41)74-44-27-39-17-22-59-54(39)61-34-44)55(67)62-75(71,72)45-12-14-50(51(30-45)66(69)70)60-33-38-15-18-56(3,68)19-16-38/h5-14,17,22,27-30,34,37-38,42,52,60,68H,15-16,18-21,23-26,31-33,35-36H2,1-4H3,(H,59,61)(H,62,67)/t38-,52?,56-. The molecule has 4 heterocycles. The topological polar surface area (TPSA) is 195 Å². The molecular weight excluding hydrogens is 992 g/mol. The summed E-state index contributed by atoms with van der Waals surface area (Å²) in [6.07, 6.45) is 10.3. The number of pyridine rings is 1. The number of hydrogen-bond donors (Lipinski definition) is 4. The number of methoxy groups -OCH3 is 1. The maximum absolute atomic E-state index is 14.1. The number of H-pyrrole nitrogens is 1. The van der Waals surface area contributed by atoms with E-state index in [4.69, 9.17) is 21.1 Å². The van der Waals surface area contributed by atoms with Crippen molar-refractivity contribution in [2.24, 2.45) is 11.3 Å². The molecule has 1 unspecified atom stereocenters. The summed E-state index contributed by atoms with van der Waals surface area (Å²) in [5.74, 6) is 0.875. The summed E-state index contributed by atoms with van der Waals surface area (Å²) in [5.41, 5.74) is 4.58. The third-order valence-corrected chi connectivity index (χ3v) is 18.1. The number of aliphatic hydroxyl groups is 1. The van der Waals surface area contributed by atoms with Gasteiger partial charge in [0.2, 0.25) is 0 Å². The molecule has 2 aliphatic heterocycles. The number of nitro benzene ring substituents is 1. The number of amides is 1. The molecule has 4 fully saturated rings. The molecule has 1 spiro atoms. The van der Waals surface area contributed by atoms with Crippen molar-refractivity contribution in [1.82, 2.24) is 24.5 Å². The van der Waals surface area contributed by atoms with Crippen LogP contribution in [0.4, 0.5) is 17.1 Å². The minimum Gasteiger partial charge on any atom is -0.497 e. The lowest BCUT2D eigenvalue weighted by Crippen LogP contribution is -2.60. The van der Waals surface area contributed by atoms with Gasteiger partial charge in [0.25, 0.3) is 21.6 Å². The van der Waals surface area contributed by atoms with Gasteiger partial charge < -0.3 is 29.8 Å². The van der Waals surface area contributed by atoms with Crippen LogP contribution in [-0.2, 0) is 16.6 Å². The van der Waals surface area contributed by atoms with Crippen LogP contribution in [0.25, 0.3) is 11.0 Å². The van der Waals surface area contributed by atoms with Gasteiger partial charge >= 0.3 is 0 Å². The summed E-state index contributed by atoms with van der Waals surface area (Å²) in [6, 6.07) is 27.9. The first-order valence-electron chi connectivity index (χ1n) is 26.2. The highest BCUT2D eigenvalue weighted by atomic mass is 35.5. The predicted molar refractivity (Wildman–Crippen MR) is 292 cm³/mol. The van der Waals surface area contributed by atoms with Crippen LogP contribution in [-0.4, -0.2) is 102 Å². The molecule has 396 valence electrons. The van der Waals surface area contributed by atoms with E-state index in [1.807, 2.05) is 31.2 Å².